The van der Waals surface area contributed by atoms with Gasteiger partial charge in [-0.15, -0.1) is 0 Å². The number of benzene rings is 4. The van der Waals surface area contributed by atoms with E-state index in [1.54, 1.807) is 0 Å². The van der Waals surface area contributed by atoms with Gasteiger partial charge in [-0.2, -0.15) is 0 Å². The summed E-state index contributed by atoms with van der Waals surface area (Å²) >= 11 is 3.58. The third kappa shape index (κ3) is 5.76. The molecule has 178 valence electrons. The SMILES string of the molecule is CC(C)c1cccc(C(C)C)c1N=Cc1ccccc1NP(=[Se])(c1ccccc1)c1ccccc1. The number of aliphatic imine (C=N–C) groups is 1. The molecular formula is C31H33N2PSe. The summed E-state index contributed by atoms with van der Waals surface area (Å²) < 4.78 is 0. The first kappa shape index (κ1) is 25.4. The van der Waals surface area contributed by atoms with Gasteiger partial charge in [0.2, 0.25) is 0 Å². The molecular weight excluding hydrogens is 510 g/mol. The summed E-state index contributed by atoms with van der Waals surface area (Å²) in [6.07, 6.45) is 2.02. The van der Waals surface area contributed by atoms with Crippen molar-refractivity contribution in [1.29, 1.82) is 0 Å². The van der Waals surface area contributed by atoms with Crippen LogP contribution < -0.4 is 15.7 Å². The summed E-state index contributed by atoms with van der Waals surface area (Å²) in [6.45, 7) is 8.94. The fourth-order valence-corrected chi connectivity index (χ4v) is 8.66. The molecule has 1 N–H and O–H groups in total. The maximum atomic E-state index is 5.09. The van der Waals surface area contributed by atoms with Gasteiger partial charge in [-0.1, -0.05) is 0 Å². The Bertz CT molecular complexity index is 1280. The Morgan fingerprint density at radius 2 is 1.14 bits per heavy atom. The molecule has 0 bridgehead atoms. The molecule has 0 aromatic heterocycles. The number of anilines is 1. The Labute approximate surface area is 217 Å². The van der Waals surface area contributed by atoms with Crippen molar-refractivity contribution < 1.29 is 0 Å². The second-order valence-corrected chi connectivity index (χ2v) is 15.3. The molecule has 0 aliphatic carbocycles. The quantitative estimate of drug-likeness (QED) is 0.137. The molecule has 4 rings (SSSR count). The summed E-state index contributed by atoms with van der Waals surface area (Å²) in [5, 5.41) is 6.47. The predicted octanol–water partition coefficient (Wildman–Crippen LogP) is 7.76. The van der Waals surface area contributed by atoms with Gasteiger partial charge in [0.05, 0.1) is 0 Å². The molecule has 0 radical (unpaired) electrons. The van der Waals surface area contributed by atoms with Gasteiger partial charge in [0, 0.05) is 0 Å². The number of rotatable bonds is 8. The Morgan fingerprint density at radius 3 is 1.66 bits per heavy atom. The minimum absolute atomic E-state index is 0.411. The van der Waals surface area contributed by atoms with Crippen LogP contribution in [0.2, 0.25) is 0 Å². The van der Waals surface area contributed by atoms with Gasteiger partial charge < -0.3 is 0 Å². The van der Waals surface area contributed by atoms with Crippen molar-refractivity contribution in [3.05, 3.63) is 120 Å². The van der Waals surface area contributed by atoms with Crippen molar-refractivity contribution >= 4 is 49.0 Å². The van der Waals surface area contributed by atoms with E-state index in [0.29, 0.717) is 11.8 Å². The molecule has 0 saturated heterocycles. The van der Waals surface area contributed by atoms with Gasteiger partial charge in [0.1, 0.15) is 0 Å². The average Bonchev–Trinajstić information content (AvgIpc) is 2.88. The number of nitrogens with zero attached hydrogens (tertiary/aromatic N) is 1. The van der Waals surface area contributed by atoms with Crippen molar-refractivity contribution in [2.45, 2.75) is 39.5 Å². The zero-order valence-electron chi connectivity index (χ0n) is 20.8. The third-order valence-electron chi connectivity index (χ3n) is 6.15. The van der Waals surface area contributed by atoms with Crippen LogP contribution in [0.15, 0.2) is 108 Å². The Hall–Kier alpha value is -2.70. The fourth-order valence-electron chi connectivity index (χ4n) is 4.23. The van der Waals surface area contributed by atoms with Crippen LogP contribution in [0.4, 0.5) is 11.4 Å². The average molecular weight is 544 g/mol. The van der Waals surface area contributed by atoms with E-state index in [0.717, 1.165) is 16.9 Å². The molecule has 4 aromatic carbocycles. The molecule has 35 heavy (non-hydrogen) atoms. The summed E-state index contributed by atoms with van der Waals surface area (Å²) in [4.78, 5) is 5.09. The third-order valence-corrected chi connectivity index (χ3v) is 12.0. The fraction of sp³-hybridized carbons (Fsp3) is 0.194. The Kier molecular flexibility index (Phi) is 8.24. The van der Waals surface area contributed by atoms with E-state index in [4.69, 9.17) is 4.99 Å². The Morgan fingerprint density at radius 1 is 0.657 bits per heavy atom. The van der Waals surface area contributed by atoms with Crippen LogP contribution in [-0.4, -0.2) is 21.3 Å². The first-order chi connectivity index (χ1) is 16.9. The van der Waals surface area contributed by atoms with Crippen LogP contribution in [0.1, 0.15) is 56.2 Å². The normalized spacial score (nSPS) is 11.9. The summed E-state index contributed by atoms with van der Waals surface area (Å²) in [7, 11) is 0. The van der Waals surface area contributed by atoms with Gasteiger partial charge in [-0.3, -0.25) is 0 Å². The van der Waals surface area contributed by atoms with E-state index >= 15 is 0 Å². The van der Waals surface area contributed by atoms with Gasteiger partial charge in [0.25, 0.3) is 0 Å². The number of para-hydroxylation sites is 2. The van der Waals surface area contributed by atoms with Crippen molar-refractivity contribution in [2.75, 3.05) is 5.09 Å². The van der Waals surface area contributed by atoms with E-state index < -0.39 is 5.66 Å². The molecule has 0 saturated carbocycles. The predicted molar refractivity (Wildman–Crippen MR) is 157 cm³/mol. The number of nitrogens with one attached hydrogen (secondary N) is 1. The molecule has 0 atom stereocenters. The van der Waals surface area contributed by atoms with Gasteiger partial charge in [-0.25, -0.2) is 0 Å². The molecule has 4 heteroatoms. The van der Waals surface area contributed by atoms with Crippen LogP contribution in [0.5, 0.6) is 0 Å². The Balaban J connectivity index is 1.78. The second kappa shape index (κ2) is 11.4. The zero-order valence-corrected chi connectivity index (χ0v) is 23.5. The van der Waals surface area contributed by atoms with Crippen LogP contribution in [0, 0.1) is 0 Å². The van der Waals surface area contributed by atoms with Crippen molar-refractivity contribution in [3.8, 4) is 0 Å². The molecule has 0 aliphatic heterocycles. The minimum atomic E-state index is -2.01. The number of hydrogen-bond donors (Lipinski definition) is 1. The first-order valence-electron chi connectivity index (χ1n) is 12.2. The van der Waals surface area contributed by atoms with Crippen molar-refractivity contribution in [3.63, 3.8) is 0 Å². The molecule has 0 spiro atoms. The van der Waals surface area contributed by atoms with E-state index in [9.17, 15) is 0 Å². The monoisotopic (exact) mass is 544 g/mol. The summed E-state index contributed by atoms with van der Waals surface area (Å²) in [5.41, 5.74) is 3.82. The molecule has 4 aromatic rings. The summed E-state index contributed by atoms with van der Waals surface area (Å²) in [5.74, 6) is 0.823. The van der Waals surface area contributed by atoms with Gasteiger partial charge in [0.15, 0.2) is 0 Å². The van der Waals surface area contributed by atoms with Crippen LogP contribution >= 0.6 is 5.66 Å². The van der Waals surface area contributed by atoms with E-state index in [2.05, 4.69) is 151 Å². The maximum absolute atomic E-state index is 5.09. The number of hydrogen-bond acceptors (Lipinski definition) is 2. The van der Waals surface area contributed by atoms with Crippen LogP contribution in [0.25, 0.3) is 0 Å². The molecule has 0 fully saturated rings. The molecule has 0 unspecified atom stereocenters. The van der Waals surface area contributed by atoms with Crippen molar-refractivity contribution in [1.82, 2.24) is 0 Å². The zero-order chi connectivity index (χ0) is 24.8. The molecule has 0 amide bonds. The van der Waals surface area contributed by atoms with Gasteiger partial charge in [-0.05, 0) is 0 Å². The standard InChI is InChI=1S/C31H33N2PSe/c1-23(2)28-19-13-20-29(24(3)4)31(28)32-22-25-14-11-12-21-30(25)33-34(35,26-15-7-5-8-16-26)27-17-9-6-10-18-27/h5-24H,1-4H3,(H,33,35). The first-order valence-corrected chi connectivity index (χ1v) is 16.2. The molecule has 0 heterocycles. The van der Waals surface area contributed by atoms with Crippen molar-refractivity contribution in [2.24, 2.45) is 4.99 Å². The molecule has 2 nitrogen and oxygen atoms in total. The van der Waals surface area contributed by atoms with Crippen LogP contribution in [0.3, 0.4) is 0 Å². The topological polar surface area (TPSA) is 24.4 Å². The van der Waals surface area contributed by atoms with E-state index in [-0.39, 0.29) is 0 Å². The molecule has 0 aliphatic rings. The van der Waals surface area contributed by atoms with Gasteiger partial charge >= 0.3 is 218 Å². The van der Waals surface area contributed by atoms with E-state index in [1.807, 2.05) is 6.21 Å². The van der Waals surface area contributed by atoms with Crippen LogP contribution in [-0.2, 0) is 0 Å². The second-order valence-electron chi connectivity index (χ2n) is 9.33. The van der Waals surface area contributed by atoms with E-state index in [1.165, 1.54) is 21.7 Å². The summed E-state index contributed by atoms with van der Waals surface area (Å²) in [6, 6.07) is 36.4.